The van der Waals surface area contributed by atoms with E-state index in [4.69, 9.17) is 0 Å². The number of aromatic amines is 1. The van der Waals surface area contributed by atoms with Gasteiger partial charge in [-0.15, -0.1) is 5.10 Å². The molecule has 4 rings (SSSR count). The van der Waals surface area contributed by atoms with Crippen LogP contribution in [0, 0.1) is 13.8 Å². The summed E-state index contributed by atoms with van der Waals surface area (Å²) in [5.74, 6) is 1.15. The molecule has 3 aromatic rings. The van der Waals surface area contributed by atoms with E-state index in [0.717, 1.165) is 16.8 Å². The molecule has 0 spiro atoms. The molecule has 2 aromatic heterocycles. The van der Waals surface area contributed by atoms with E-state index in [9.17, 15) is 4.79 Å². The standard InChI is InChI=1S/C21H22N4OS/c1-14-12-18(15(2)25(14)17-9-10-17)19(26)13-27-21-22-20(23-24-21)11-8-16-6-4-3-5-7-16/h3-8,11-12,17H,9-10,13H2,1-2H3,(H,22,23,24)/b11-8+. The second-order valence-electron chi connectivity index (χ2n) is 6.85. The number of H-pyrrole nitrogens is 1. The van der Waals surface area contributed by atoms with Crippen molar-refractivity contribution in [3.8, 4) is 0 Å². The summed E-state index contributed by atoms with van der Waals surface area (Å²) in [6.45, 7) is 4.12. The fourth-order valence-corrected chi connectivity index (χ4v) is 3.99. The zero-order valence-electron chi connectivity index (χ0n) is 15.5. The maximum Gasteiger partial charge on any atom is 0.209 e. The molecule has 0 radical (unpaired) electrons. The van der Waals surface area contributed by atoms with Crippen LogP contribution in [0.15, 0.2) is 41.6 Å². The fourth-order valence-electron chi connectivity index (χ4n) is 3.30. The quantitative estimate of drug-likeness (QED) is 0.478. The molecule has 1 aliphatic carbocycles. The van der Waals surface area contributed by atoms with Gasteiger partial charge in [0, 0.05) is 23.0 Å². The average Bonchev–Trinajstić information content (AvgIpc) is 3.32. The number of rotatable bonds is 7. The lowest BCUT2D eigenvalue weighted by Gasteiger charge is -2.07. The Kier molecular flexibility index (Phi) is 4.99. The minimum Gasteiger partial charge on any atom is -0.345 e. The molecule has 27 heavy (non-hydrogen) atoms. The normalized spacial score (nSPS) is 14.1. The number of benzene rings is 1. The van der Waals surface area contributed by atoms with Crippen molar-refractivity contribution >= 4 is 29.7 Å². The lowest BCUT2D eigenvalue weighted by atomic mass is 10.2. The van der Waals surface area contributed by atoms with Crippen molar-refractivity contribution in [2.75, 3.05) is 5.75 Å². The van der Waals surface area contributed by atoms with Gasteiger partial charge in [0.15, 0.2) is 5.78 Å². The number of aromatic nitrogens is 4. The first kappa shape index (κ1) is 17.8. The number of nitrogens with zero attached hydrogens (tertiary/aromatic N) is 3. The summed E-state index contributed by atoms with van der Waals surface area (Å²) in [6.07, 6.45) is 6.30. The number of aryl methyl sites for hydroxylation is 1. The van der Waals surface area contributed by atoms with Crippen LogP contribution in [0.4, 0.5) is 0 Å². The van der Waals surface area contributed by atoms with Crippen LogP contribution in [-0.2, 0) is 0 Å². The van der Waals surface area contributed by atoms with Gasteiger partial charge in [-0.1, -0.05) is 48.2 Å². The van der Waals surface area contributed by atoms with Gasteiger partial charge in [-0.2, -0.15) is 0 Å². The highest BCUT2D eigenvalue weighted by Crippen LogP contribution is 2.38. The van der Waals surface area contributed by atoms with Crippen LogP contribution < -0.4 is 0 Å². The Labute approximate surface area is 162 Å². The van der Waals surface area contributed by atoms with Crippen LogP contribution in [0.2, 0.25) is 0 Å². The van der Waals surface area contributed by atoms with Crippen LogP contribution in [0.1, 0.15) is 52.0 Å². The Balaban J connectivity index is 1.38. The number of carbonyl (C=O) groups is 1. The number of nitrogens with one attached hydrogen (secondary N) is 1. The largest absolute Gasteiger partial charge is 0.345 e. The molecular formula is C21H22N4OS. The topological polar surface area (TPSA) is 63.6 Å². The number of ketones is 1. The minimum absolute atomic E-state index is 0.131. The first-order valence-electron chi connectivity index (χ1n) is 9.12. The molecule has 0 atom stereocenters. The van der Waals surface area contributed by atoms with Crippen LogP contribution in [0.3, 0.4) is 0 Å². The van der Waals surface area contributed by atoms with Crippen LogP contribution >= 0.6 is 11.8 Å². The van der Waals surface area contributed by atoms with Crippen molar-refractivity contribution < 1.29 is 4.79 Å². The third-order valence-corrected chi connectivity index (χ3v) is 5.59. The average molecular weight is 379 g/mol. The molecule has 1 aromatic carbocycles. The van der Waals surface area contributed by atoms with Gasteiger partial charge < -0.3 is 4.57 Å². The molecular weight excluding hydrogens is 356 g/mol. The molecule has 1 fully saturated rings. The van der Waals surface area contributed by atoms with Crippen molar-refractivity contribution in [2.24, 2.45) is 0 Å². The summed E-state index contributed by atoms with van der Waals surface area (Å²) >= 11 is 1.37. The Morgan fingerprint density at radius 3 is 2.78 bits per heavy atom. The highest BCUT2D eigenvalue weighted by Gasteiger charge is 2.28. The van der Waals surface area contributed by atoms with Crippen LogP contribution in [0.25, 0.3) is 12.2 Å². The van der Waals surface area contributed by atoms with Gasteiger partial charge in [0.25, 0.3) is 0 Å². The summed E-state index contributed by atoms with van der Waals surface area (Å²) < 4.78 is 2.30. The predicted octanol–water partition coefficient (Wildman–Crippen LogP) is 4.70. The van der Waals surface area contributed by atoms with Gasteiger partial charge in [0.1, 0.15) is 5.82 Å². The fraction of sp³-hybridized carbons (Fsp3) is 0.286. The van der Waals surface area contributed by atoms with Crippen molar-refractivity contribution in [1.29, 1.82) is 0 Å². The number of thioether (sulfide) groups is 1. The van der Waals surface area contributed by atoms with Crippen LogP contribution in [-0.4, -0.2) is 31.3 Å². The highest BCUT2D eigenvalue weighted by atomic mass is 32.2. The highest BCUT2D eigenvalue weighted by molar-refractivity contribution is 7.99. The molecule has 138 valence electrons. The predicted molar refractivity (Wildman–Crippen MR) is 109 cm³/mol. The van der Waals surface area contributed by atoms with E-state index >= 15 is 0 Å². The van der Waals surface area contributed by atoms with Crippen molar-refractivity contribution in [3.05, 3.63) is 64.7 Å². The third kappa shape index (κ3) is 4.06. The number of carbonyl (C=O) groups excluding carboxylic acids is 1. The smallest absolute Gasteiger partial charge is 0.209 e. The summed E-state index contributed by atoms with van der Waals surface area (Å²) in [4.78, 5) is 17.1. The van der Waals surface area contributed by atoms with Gasteiger partial charge in [0.2, 0.25) is 5.16 Å². The Bertz CT molecular complexity index is 983. The molecule has 1 N–H and O–H groups in total. The molecule has 0 amide bonds. The Morgan fingerprint density at radius 1 is 1.26 bits per heavy atom. The van der Waals surface area contributed by atoms with E-state index in [0.29, 0.717) is 22.8 Å². The molecule has 1 aliphatic rings. The molecule has 2 heterocycles. The van der Waals surface area contributed by atoms with E-state index in [-0.39, 0.29) is 5.78 Å². The third-order valence-electron chi connectivity index (χ3n) is 4.74. The first-order valence-corrected chi connectivity index (χ1v) is 10.1. The van der Waals surface area contributed by atoms with Gasteiger partial charge in [0.05, 0.1) is 5.75 Å². The molecule has 0 unspecified atom stereocenters. The molecule has 6 heteroatoms. The maximum absolute atomic E-state index is 12.7. The Hall–Kier alpha value is -2.60. The lowest BCUT2D eigenvalue weighted by Crippen LogP contribution is -2.06. The zero-order valence-corrected chi connectivity index (χ0v) is 16.3. The number of hydrogen-bond donors (Lipinski definition) is 1. The van der Waals surface area contributed by atoms with Gasteiger partial charge in [-0.05, 0) is 44.4 Å². The molecule has 0 saturated heterocycles. The monoisotopic (exact) mass is 378 g/mol. The maximum atomic E-state index is 12.7. The molecule has 0 bridgehead atoms. The number of Topliss-reactive ketones (excluding diaryl/α,β-unsaturated/α-hetero) is 1. The second kappa shape index (κ2) is 7.56. The first-order chi connectivity index (χ1) is 13.1. The summed E-state index contributed by atoms with van der Waals surface area (Å²) in [5.41, 5.74) is 4.19. The van der Waals surface area contributed by atoms with E-state index in [1.165, 1.54) is 30.3 Å². The van der Waals surface area contributed by atoms with Crippen LogP contribution in [0.5, 0.6) is 0 Å². The van der Waals surface area contributed by atoms with Crippen molar-refractivity contribution in [2.45, 2.75) is 37.9 Å². The molecule has 0 aliphatic heterocycles. The summed E-state index contributed by atoms with van der Waals surface area (Å²) in [5, 5.41) is 7.69. The van der Waals surface area contributed by atoms with Crippen molar-refractivity contribution in [3.63, 3.8) is 0 Å². The second-order valence-corrected chi connectivity index (χ2v) is 7.79. The minimum atomic E-state index is 0.131. The van der Waals surface area contributed by atoms with Gasteiger partial charge in [-0.25, -0.2) is 4.98 Å². The Morgan fingerprint density at radius 2 is 2.04 bits per heavy atom. The van der Waals surface area contributed by atoms with Gasteiger partial charge in [-0.3, -0.25) is 9.89 Å². The van der Waals surface area contributed by atoms with Gasteiger partial charge >= 0.3 is 0 Å². The van der Waals surface area contributed by atoms with E-state index in [1.54, 1.807) is 0 Å². The summed E-state index contributed by atoms with van der Waals surface area (Å²) in [7, 11) is 0. The molecule has 5 nitrogen and oxygen atoms in total. The number of hydrogen-bond acceptors (Lipinski definition) is 4. The lowest BCUT2D eigenvalue weighted by molar-refractivity contribution is 0.102. The SMILES string of the molecule is Cc1cc(C(=O)CSc2n[nH]c(/C=C/c3ccccc3)n2)c(C)n1C1CC1. The van der Waals surface area contributed by atoms with E-state index in [2.05, 4.69) is 26.7 Å². The van der Waals surface area contributed by atoms with E-state index in [1.807, 2.05) is 55.5 Å². The van der Waals surface area contributed by atoms with E-state index < -0.39 is 0 Å². The molecule has 1 saturated carbocycles. The zero-order chi connectivity index (χ0) is 18.8. The van der Waals surface area contributed by atoms with Crippen molar-refractivity contribution in [1.82, 2.24) is 19.7 Å². The summed E-state index contributed by atoms with van der Waals surface area (Å²) in [6, 6.07) is 12.6.